The number of aryl methyl sites for hydroxylation is 1. The zero-order valence-electron chi connectivity index (χ0n) is 14.9. The molecule has 0 unspecified atom stereocenters. The molecule has 7 nitrogen and oxygen atoms in total. The Bertz CT molecular complexity index is 851. The van der Waals surface area contributed by atoms with Gasteiger partial charge in [0.1, 0.15) is 5.75 Å². The van der Waals surface area contributed by atoms with E-state index in [0.717, 1.165) is 12.0 Å². The number of rotatable bonds is 5. The average molecular weight is 378 g/mol. The highest BCUT2D eigenvalue weighted by Crippen LogP contribution is 2.37. The van der Waals surface area contributed by atoms with Crippen molar-refractivity contribution in [2.24, 2.45) is 5.41 Å². The van der Waals surface area contributed by atoms with E-state index in [9.17, 15) is 13.6 Å². The first kappa shape index (κ1) is 17.8. The van der Waals surface area contributed by atoms with Crippen molar-refractivity contribution in [2.45, 2.75) is 32.9 Å². The molecule has 0 aliphatic carbocycles. The maximum absolute atomic E-state index is 13.0. The first-order chi connectivity index (χ1) is 13.0. The van der Waals surface area contributed by atoms with Crippen molar-refractivity contribution in [1.82, 2.24) is 15.0 Å². The van der Waals surface area contributed by atoms with Crippen molar-refractivity contribution in [3.8, 4) is 5.75 Å². The molecule has 0 bridgehead atoms. The summed E-state index contributed by atoms with van der Waals surface area (Å²) in [5, 5.41) is 8.03. The van der Waals surface area contributed by atoms with Crippen LogP contribution in [0.25, 0.3) is 0 Å². The third kappa shape index (κ3) is 3.51. The molecule has 2 aliphatic heterocycles. The number of alkyl halides is 2. The molecule has 9 heteroatoms. The zero-order chi connectivity index (χ0) is 19.0. The number of hydrogen-bond acceptors (Lipinski definition) is 5. The van der Waals surface area contributed by atoms with Gasteiger partial charge in [0.05, 0.1) is 31.6 Å². The number of hydrogen-bond donors (Lipinski definition) is 0. The molecule has 0 saturated carbocycles. The van der Waals surface area contributed by atoms with Crippen LogP contribution in [0.15, 0.2) is 24.4 Å². The van der Waals surface area contributed by atoms with Gasteiger partial charge in [-0.15, -0.1) is 5.10 Å². The lowest BCUT2D eigenvalue weighted by molar-refractivity contribution is -0.111. The Morgan fingerprint density at radius 2 is 2.22 bits per heavy atom. The summed E-state index contributed by atoms with van der Waals surface area (Å²) in [7, 11) is 0. The number of carbonyl (C=O) groups excluding carboxylic acids is 1. The highest BCUT2D eigenvalue weighted by atomic mass is 19.3. The molecule has 3 heterocycles. The average Bonchev–Trinajstić information content (AvgIpc) is 3.07. The summed E-state index contributed by atoms with van der Waals surface area (Å²) in [6, 6.07) is 4.93. The predicted octanol–water partition coefficient (Wildman–Crippen LogP) is 2.51. The largest absolute Gasteiger partial charge is 0.433 e. The second-order valence-electron chi connectivity index (χ2n) is 7.31. The van der Waals surface area contributed by atoms with Crippen LogP contribution >= 0.6 is 0 Å². The number of fused-ring (bicyclic) bond motifs is 1. The van der Waals surface area contributed by atoms with E-state index in [1.165, 1.54) is 11.0 Å². The van der Waals surface area contributed by atoms with Gasteiger partial charge in [0.25, 0.3) is 5.91 Å². The maximum atomic E-state index is 13.0. The van der Waals surface area contributed by atoms with E-state index in [1.807, 2.05) is 6.07 Å². The molecule has 1 amide bonds. The Kier molecular flexibility index (Phi) is 4.55. The number of para-hydroxylation sites is 1. The summed E-state index contributed by atoms with van der Waals surface area (Å²) in [6.07, 6.45) is 3.03. The Morgan fingerprint density at radius 1 is 1.41 bits per heavy atom. The Balaban J connectivity index is 1.59. The summed E-state index contributed by atoms with van der Waals surface area (Å²) in [5.41, 5.74) is 1.37. The van der Waals surface area contributed by atoms with Gasteiger partial charge in [0.15, 0.2) is 5.69 Å². The molecule has 0 radical (unpaired) electrons. The van der Waals surface area contributed by atoms with Gasteiger partial charge in [-0.25, -0.2) is 0 Å². The molecule has 144 valence electrons. The second-order valence-corrected chi connectivity index (χ2v) is 7.31. The number of nitrogens with zero attached hydrogens (tertiary/aromatic N) is 4. The van der Waals surface area contributed by atoms with Gasteiger partial charge < -0.3 is 14.4 Å². The number of anilines is 1. The van der Waals surface area contributed by atoms with Crippen LogP contribution in [0.5, 0.6) is 5.75 Å². The fraction of sp³-hybridized carbons (Fsp3) is 0.500. The minimum atomic E-state index is -2.96. The summed E-state index contributed by atoms with van der Waals surface area (Å²) >= 11 is 0. The Hall–Kier alpha value is -2.55. The van der Waals surface area contributed by atoms with Crippen molar-refractivity contribution in [2.75, 3.05) is 24.7 Å². The number of carbonyl (C=O) groups is 1. The molecule has 1 aromatic carbocycles. The van der Waals surface area contributed by atoms with Crippen molar-refractivity contribution in [3.05, 3.63) is 35.7 Å². The highest BCUT2D eigenvalue weighted by molar-refractivity contribution is 6.06. The molecule has 1 aromatic heterocycles. The first-order valence-corrected chi connectivity index (χ1v) is 8.82. The standard InChI is InChI=1S/C18H20F2N4O3/c1-18(10-26-11-18)9-23-8-13(21-22-23)16(25)24-7-3-5-12-4-2-6-14(15(12)24)27-17(19)20/h2,4,6,8,17H,3,5,7,9-11H2,1H3. The Morgan fingerprint density at radius 3 is 2.93 bits per heavy atom. The van der Waals surface area contributed by atoms with Gasteiger partial charge >= 0.3 is 6.61 Å². The molecule has 1 saturated heterocycles. The minimum absolute atomic E-state index is 0.00192. The SMILES string of the molecule is CC1(Cn2cc(C(=O)N3CCCc4cccc(OC(F)F)c43)nn2)COC1. The van der Waals surface area contributed by atoms with E-state index >= 15 is 0 Å². The van der Waals surface area contributed by atoms with Crippen molar-refractivity contribution in [1.29, 1.82) is 0 Å². The van der Waals surface area contributed by atoms with Crippen LogP contribution < -0.4 is 9.64 Å². The van der Waals surface area contributed by atoms with E-state index in [1.54, 1.807) is 16.9 Å². The lowest BCUT2D eigenvalue weighted by atomic mass is 9.89. The van der Waals surface area contributed by atoms with Crippen LogP contribution in [0, 0.1) is 5.41 Å². The lowest BCUT2D eigenvalue weighted by Crippen LogP contribution is -2.43. The quantitative estimate of drug-likeness (QED) is 0.800. The van der Waals surface area contributed by atoms with Gasteiger partial charge in [-0.05, 0) is 24.5 Å². The highest BCUT2D eigenvalue weighted by Gasteiger charge is 2.35. The number of ether oxygens (including phenoxy) is 2. The first-order valence-electron chi connectivity index (χ1n) is 8.82. The fourth-order valence-corrected chi connectivity index (χ4v) is 3.55. The smallest absolute Gasteiger partial charge is 0.387 e. The van der Waals surface area contributed by atoms with Crippen LogP contribution in [0.1, 0.15) is 29.4 Å². The number of benzene rings is 1. The van der Waals surface area contributed by atoms with Crippen LogP contribution in [0.2, 0.25) is 0 Å². The van der Waals surface area contributed by atoms with Crippen molar-refractivity contribution < 1.29 is 23.0 Å². The molecule has 2 aliphatic rings. The van der Waals surface area contributed by atoms with Crippen LogP contribution in [0.4, 0.5) is 14.5 Å². The van der Waals surface area contributed by atoms with Crippen molar-refractivity contribution in [3.63, 3.8) is 0 Å². The molecule has 0 N–H and O–H groups in total. The predicted molar refractivity (Wildman–Crippen MR) is 92.0 cm³/mol. The van der Waals surface area contributed by atoms with Gasteiger partial charge in [0, 0.05) is 12.0 Å². The van der Waals surface area contributed by atoms with Gasteiger partial charge in [0.2, 0.25) is 0 Å². The summed E-state index contributed by atoms with van der Waals surface area (Å²) in [5.74, 6) is -0.371. The van der Waals surface area contributed by atoms with E-state index in [4.69, 9.17) is 4.74 Å². The summed E-state index contributed by atoms with van der Waals surface area (Å²) in [4.78, 5) is 14.5. The van der Waals surface area contributed by atoms with E-state index in [0.29, 0.717) is 38.4 Å². The van der Waals surface area contributed by atoms with Crippen LogP contribution in [-0.4, -0.2) is 47.3 Å². The third-order valence-corrected chi connectivity index (χ3v) is 4.84. The molecule has 27 heavy (non-hydrogen) atoms. The lowest BCUT2D eigenvalue weighted by Gasteiger charge is -2.37. The molecular weight excluding hydrogens is 358 g/mol. The van der Waals surface area contributed by atoms with Crippen LogP contribution in [0.3, 0.4) is 0 Å². The Labute approximate surface area is 154 Å². The van der Waals surface area contributed by atoms with Crippen molar-refractivity contribution >= 4 is 11.6 Å². The van der Waals surface area contributed by atoms with E-state index in [2.05, 4.69) is 22.0 Å². The monoisotopic (exact) mass is 378 g/mol. The number of amides is 1. The minimum Gasteiger partial charge on any atom is -0.433 e. The summed E-state index contributed by atoms with van der Waals surface area (Å²) < 4.78 is 37.1. The van der Waals surface area contributed by atoms with E-state index in [-0.39, 0.29) is 22.8 Å². The molecule has 4 rings (SSSR count). The van der Waals surface area contributed by atoms with Crippen LogP contribution in [-0.2, 0) is 17.7 Å². The third-order valence-electron chi connectivity index (χ3n) is 4.84. The second kappa shape index (κ2) is 6.88. The van der Waals surface area contributed by atoms with Gasteiger partial charge in [-0.2, -0.15) is 8.78 Å². The maximum Gasteiger partial charge on any atom is 0.387 e. The molecule has 1 fully saturated rings. The molecule has 2 aromatic rings. The van der Waals surface area contributed by atoms with E-state index < -0.39 is 6.61 Å². The molecule has 0 spiro atoms. The fourth-order valence-electron chi connectivity index (χ4n) is 3.55. The summed E-state index contributed by atoms with van der Waals surface area (Å²) in [6.45, 7) is 1.42. The molecular formula is C18H20F2N4O3. The van der Waals surface area contributed by atoms with Gasteiger partial charge in [-0.3, -0.25) is 9.48 Å². The zero-order valence-corrected chi connectivity index (χ0v) is 14.9. The number of aromatic nitrogens is 3. The normalized spacial score (nSPS) is 18.1. The number of halogens is 2. The van der Waals surface area contributed by atoms with Gasteiger partial charge in [-0.1, -0.05) is 24.3 Å². The topological polar surface area (TPSA) is 69.5 Å². The molecule has 0 atom stereocenters.